The van der Waals surface area contributed by atoms with Gasteiger partial charge in [-0.05, 0) is 20.8 Å². The molecule has 1 fully saturated rings. The number of halogens is 1. The maximum absolute atomic E-state index is 12.7. The molecule has 0 saturated carbocycles. The third-order valence-corrected chi connectivity index (χ3v) is 3.12. The largest absolute Gasteiger partial charge is 0.338 e. The summed E-state index contributed by atoms with van der Waals surface area (Å²) in [5.41, 5.74) is 0.204. The van der Waals surface area contributed by atoms with Crippen molar-refractivity contribution in [2.24, 2.45) is 0 Å². The molecule has 2 heterocycles. The van der Waals surface area contributed by atoms with Gasteiger partial charge in [0.25, 0.3) is 0 Å². The summed E-state index contributed by atoms with van der Waals surface area (Å²) in [6.45, 7) is 10.4. The molecule has 0 radical (unpaired) electrons. The number of hydrogen-bond donors (Lipinski definition) is 0. The van der Waals surface area contributed by atoms with Gasteiger partial charge >= 0.3 is 0 Å². The number of nitrogens with zero attached hydrogens (tertiary/aromatic N) is 4. The molecule has 2 rings (SSSR count). The number of anilines is 1. The van der Waals surface area contributed by atoms with E-state index in [0.717, 1.165) is 26.2 Å². The van der Waals surface area contributed by atoms with E-state index in [1.54, 1.807) is 0 Å². The fraction of sp³-hybridized carbons (Fsp3) is 0.667. The molecule has 0 amide bonds. The van der Waals surface area contributed by atoms with Gasteiger partial charge < -0.3 is 4.90 Å². The van der Waals surface area contributed by atoms with Gasteiger partial charge in [-0.25, -0.2) is 14.4 Å². The van der Waals surface area contributed by atoms with Crippen LogP contribution in [0, 0.1) is 5.82 Å². The van der Waals surface area contributed by atoms with Gasteiger partial charge in [0.1, 0.15) is 0 Å². The van der Waals surface area contributed by atoms with E-state index in [1.807, 2.05) is 0 Å². The standard InChI is InChI=1S/C12H19FN4/c1-12(2,3)17-6-4-16(5-7-17)11-14-8-10(13)9-15-11/h8-9H,4-7H2,1-3H3. The lowest BCUT2D eigenvalue weighted by atomic mass is 10.1. The average molecular weight is 238 g/mol. The fourth-order valence-electron chi connectivity index (χ4n) is 2.05. The maximum Gasteiger partial charge on any atom is 0.225 e. The normalized spacial score (nSPS) is 18.5. The van der Waals surface area contributed by atoms with Crippen LogP contribution in [0.15, 0.2) is 12.4 Å². The van der Waals surface area contributed by atoms with E-state index in [9.17, 15) is 4.39 Å². The number of piperazine rings is 1. The van der Waals surface area contributed by atoms with Crippen molar-refractivity contribution in [3.63, 3.8) is 0 Å². The molecule has 0 spiro atoms. The van der Waals surface area contributed by atoms with Crippen molar-refractivity contribution in [3.05, 3.63) is 18.2 Å². The molecular formula is C12H19FN4. The third-order valence-electron chi connectivity index (χ3n) is 3.12. The van der Waals surface area contributed by atoms with Gasteiger partial charge in [0.05, 0.1) is 12.4 Å². The van der Waals surface area contributed by atoms with Gasteiger partial charge in [0.2, 0.25) is 5.95 Å². The molecule has 0 aliphatic carbocycles. The molecule has 1 aromatic rings. The van der Waals surface area contributed by atoms with Crippen LogP contribution in [-0.4, -0.2) is 46.6 Å². The minimum Gasteiger partial charge on any atom is -0.338 e. The Bertz CT molecular complexity index is 363. The summed E-state index contributed by atoms with van der Waals surface area (Å²) in [7, 11) is 0. The molecular weight excluding hydrogens is 219 g/mol. The van der Waals surface area contributed by atoms with Crippen LogP contribution in [0.25, 0.3) is 0 Å². The second-order valence-electron chi connectivity index (χ2n) is 5.35. The Hall–Kier alpha value is -1.23. The minimum atomic E-state index is -0.387. The van der Waals surface area contributed by atoms with E-state index in [2.05, 4.69) is 40.5 Å². The molecule has 1 saturated heterocycles. The Morgan fingerprint density at radius 3 is 2.06 bits per heavy atom. The summed E-state index contributed by atoms with van der Waals surface area (Å²) in [6.07, 6.45) is 2.44. The molecule has 1 aromatic heterocycles. The van der Waals surface area contributed by atoms with E-state index < -0.39 is 0 Å². The Labute approximate surface area is 101 Å². The van der Waals surface area contributed by atoms with Crippen LogP contribution >= 0.6 is 0 Å². The van der Waals surface area contributed by atoms with Gasteiger partial charge in [-0.2, -0.15) is 0 Å². The SMILES string of the molecule is CC(C)(C)N1CCN(c2ncc(F)cn2)CC1. The first-order valence-corrected chi connectivity index (χ1v) is 5.94. The quantitative estimate of drug-likeness (QED) is 0.743. The average Bonchev–Trinajstić information content (AvgIpc) is 2.29. The van der Waals surface area contributed by atoms with Crippen LogP contribution in [0.5, 0.6) is 0 Å². The number of rotatable bonds is 1. The smallest absolute Gasteiger partial charge is 0.225 e. The van der Waals surface area contributed by atoms with Crippen LogP contribution in [0.3, 0.4) is 0 Å². The molecule has 0 aromatic carbocycles. The van der Waals surface area contributed by atoms with E-state index in [4.69, 9.17) is 0 Å². The Balaban J connectivity index is 1.97. The van der Waals surface area contributed by atoms with Crippen molar-refractivity contribution in [2.75, 3.05) is 31.1 Å². The van der Waals surface area contributed by atoms with Crippen LogP contribution in [0.2, 0.25) is 0 Å². The number of aromatic nitrogens is 2. The number of hydrogen-bond acceptors (Lipinski definition) is 4. The molecule has 94 valence electrons. The topological polar surface area (TPSA) is 32.3 Å². The van der Waals surface area contributed by atoms with Crippen molar-refractivity contribution < 1.29 is 4.39 Å². The van der Waals surface area contributed by atoms with E-state index in [-0.39, 0.29) is 11.4 Å². The van der Waals surface area contributed by atoms with E-state index >= 15 is 0 Å². The van der Waals surface area contributed by atoms with E-state index in [0.29, 0.717) is 5.95 Å². The lowest BCUT2D eigenvalue weighted by Gasteiger charge is -2.42. The van der Waals surface area contributed by atoms with Crippen molar-refractivity contribution in [3.8, 4) is 0 Å². The summed E-state index contributed by atoms with van der Waals surface area (Å²) < 4.78 is 12.7. The predicted octanol–water partition coefficient (Wildman–Crippen LogP) is 1.54. The molecule has 1 aliphatic rings. The molecule has 17 heavy (non-hydrogen) atoms. The summed E-state index contributed by atoms with van der Waals surface area (Å²) in [6, 6.07) is 0. The van der Waals surface area contributed by atoms with Crippen LogP contribution in [0.1, 0.15) is 20.8 Å². The van der Waals surface area contributed by atoms with Gasteiger partial charge in [0, 0.05) is 31.7 Å². The zero-order valence-corrected chi connectivity index (χ0v) is 10.6. The van der Waals surface area contributed by atoms with Crippen LogP contribution in [0.4, 0.5) is 10.3 Å². The second-order valence-corrected chi connectivity index (χ2v) is 5.35. The van der Waals surface area contributed by atoms with Crippen LogP contribution < -0.4 is 4.90 Å². The summed E-state index contributed by atoms with van der Waals surface area (Å²) >= 11 is 0. The fourth-order valence-corrected chi connectivity index (χ4v) is 2.05. The van der Waals surface area contributed by atoms with Crippen molar-refractivity contribution in [2.45, 2.75) is 26.3 Å². The molecule has 1 aliphatic heterocycles. The van der Waals surface area contributed by atoms with Crippen molar-refractivity contribution in [1.29, 1.82) is 0 Å². The zero-order chi connectivity index (χ0) is 12.5. The zero-order valence-electron chi connectivity index (χ0n) is 10.6. The van der Waals surface area contributed by atoms with Gasteiger partial charge in [-0.1, -0.05) is 0 Å². The van der Waals surface area contributed by atoms with Crippen LogP contribution in [-0.2, 0) is 0 Å². The van der Waals surface area contributed by atoms with Crippen molar-refractivity contribution >= 4 is 5.95 Å². The highest BCUT2D eigenvalue weighted by atomic mass is 19.1. The molecule has 0 atom stereocenters. The lowest BCUT2D eigenvalue weighted by Crippen LogP contribution is -2.53. The molecule has 0 N–H and O–H groups in total. The lowest BCUT2D eigenvalue weighted by molar-refractivity contribution is 0.128. The third kappa shape index (κ3) is 2.91. The Morgan fingerprint density at radius 1 is 1.06 bits per heavy atom. The minimum absolute atomic E-state index is 0.204. The van der Waals surface area contributed by atoms with Gasteiger partial charge in [0.15, 0.2) is 5.82 Å². The molecule has 5 heteroatoms. The monoisotopic (exact) mass is 238 g/mol. The highest BCUT2D eigenvalue weighted by molar-refractivity contribution is 5.29. The van der Waals surface area contributed by atoms with E-state index in [1.165, 1.54) is 12.4 Å². The predicted molar refractivity (Wildman–Crippen MR) is 65.5 cm³/mol. The first-order chi connectivity index (χ1) is 7.97. The first kappa shape index (κ1) is 12.2. The second kappa shape index (κ2) is 4.56. The molecule has 4 nitrogen and oxygen atoms in total. The summed E-state index contributed by atoms with van der Waals surface area (Å²) in [5, 5.41) is 0. The molecule has 0 bridgehead atoms. The highest BCUT2D eigenvalue weighted by Crippen LogP contribution is 2.17. The van der Waals surface area contributed by atoms with Crippen molar-refractivity contribution in [1.82, 2.24) is 14.9 Å². The summed E-state index contributed by atoms with van der Waals surface area (Å²) in [4.78, 5) is 12.6. The molecule has 0 unspecified atom stereocenters. The van der Waals surface area contributed by atoms with Gasteiger partial charge in [-0.3, -0.25) is 4.90 Å². The van der Waals surface area contributed by atoms with Gasteiger partial charge in [-0.15, -0.1) is 0 Å². The maximum atomic E-state index is 12.7. The summed E-state index contributed by atoms with van der Waals surface area (Å²) in [5.74, 6) is 0.238. The first-order valence-electron chi connectivity index (χ1n) is 5.94. The highest BCUT2D eigenvalue weighted by Gasteiger charge is 2.26. The Morgan fingerprint density at radius 2 is 1.59 bits per heavy atom. The Kier molecular flexibility index (Phi) is 3.28.